The van der Waals surface area contributed by atoms with Crippen molar-refractivity contribution in [3.8, 4) is 11.5 Å². The van der Waals surface area contributed by atoms with E-state index in [1.807, 2.05) is 30.3 Å². The van der Waals surface area contributed by atoms with Crippen LogP contribution in [0.1, 0.15) is 44.4 Å². The molecule has 0 bridgehead atoms. The summed E-state index contributed by atoms with van der Waals surface area (Å²) in [7, 11) is 1.41. The van der Waals surface area contributed by atoms with Crippen molar-refractivity contribution in [2.24, 2.45) is 5.10 Å². The number of aromatic nitrogens is 2. The van der Waals surface area contributed by atoms with Crippen LogP contribution in [0, 0.1) is 0 Å². The van der Waals surface area contributed by atoms with Crippen LogP contribution in [-0.2, 0) is 6.42 Å². The highest BCUT2D eigenvalue weighted by molar-refractivity contribution is 6.07. The van der Waals surface area contributed by atoms with Crippen LogP contribution in [-0.4, -0.2) is 39.2 Å². The fourth-order valence-electron chi connectivity index (χ4n) is 4.21. The van der Waals surface area contributed by atoms with E-state index in [2.05, 4.69) is 15.1 Å². The Morgan fingerprint density at radius 2 is 2.05 bits per heavy atom. The Morgan fingerprint density at radius 3 is 2.81 bits per heavy atom. The first-order chi connectivity index (χ1) is 17.9. The van der Waals surface area contributed by atoms with Crippen LogP contribution in [0.2, 0.25) is 0 Å². The molecule has 0 saturated carbocycles. The molecule has 10 heteroatoms. The summed E-state index contributed by atoms with van der Waals surface area (Å²) in [6, 6.07) is 14.4. The number of furan rings is 1. The van der Waals surface area contributed by atoms with Crippen LogP contribution in [0.15, 0.2) is 82.8 Å². The SMILES string of the molecule is COc1cc(Cc2cnc(N)nc2N)cc(C(=O)/C=C/N2N=Cc3ccccc3C2c2ccco2)c1O. The Balaban J connectivity index is 1.45. The molecular formula is C27H24N6O4. The molecule has 1 aliphatic rings. The molecule has 1 atom stereocenters. The average Bonchev–Trinajstić information content (AvgIpc) is 3.44. The molecule has 5 rings (SSSR count). The number of phenolic OH excluding ortho intramolecular Hbond substituents is 1. The van der Waals surface area contributed by atoms with E-state index >= 15 is 0 Å². The standard InChI is InChI=1S/C27H24N6O4/c1-36-23-13-16(11-18-14-30-27(29)32-26(18)28)12-20(25(23)35)21(34)8-9-33-24(22-7-4-10-37-22)19-6-3-2-5-17(19)15-31-33/h2-10,12-15,24,35H,11H2,1H3,(H4,28,29,30,32)/b9-8+. The van der Waals surface area contributed by atoms with Gasteiger partial charge in [-0.15, -0.1) is 0 Å². The molecule has 1 unspecified atom stereocenters. The zero-order valence-electron chi connectivity index (χ0n) is 19.9. The summed E-state index contributed by atoms with van der Waals surface area (Å²) in [6.45, 7) is 0. The predicted molar refractivity (Wildman–Crippen MR) is 138 cm³/mol. The fourth-order valence-corrected chi connectivity index (χ4v) is 4.21. The van der Waals surface area contributed by atoms with Crippen LogP contribution < -0.4 is 16.2 Å². The third-order valence-electron chi connectivity index (χ3n) is 6.01. The first-order valence-corrected chi connectivity index (χ1v) is 11.4. The third-order valence-corrected chi connectivity index (χ3v) is 6.01. The molecule has 0 saturated heterocycles. The van der Waals surface area contributed by atoms with Gasteiger partial charge in [-0.1, -0.05) is 24.3 Å². The summed E-state index contributed by atoms with van der Waals surface area (Å²) in [4.78, 5) is 21.2. The predicted octanol–water partition coefficient (Wildman–Crippen LogP) is 3.67. The minimum Gasteiger partial charge on any atom is -0.504 e. The zero-order valence-corrected chi connectivity index (χ0v) is 19.9. The van der Waals surface area contributed by atoms with Gasteiger partial charge in [-0.05, 0) is 35.4 Å². The number of carbonyl (C=O) groups is 1. The zero-order chi connectivity index (χ0) is 25.9. The summed E-state index contributed by atoms with van der Waals surface area (Å²) in [5, 5.41) is 16.9. The second-order valence-corrected chi connectivity index (χ2v) is 8.36. The number of hydrazone groups is 1. The summed E-state index contributed by atoms with van der Waals surface area (Å²) in [5.41, 5.74) is 14.9. The number of methoxy groups -OCH3 is 1. The molecular weight excluding hydrogens is 472 g/mol. The van der Waals surface area contributed by atoms with E-state index in [4.69, 9.17) is 20.6 Å². The second kappa shape index (κ2) is 9.86. The van der Waals surface area contributed by atoms with Gasteiger partial charge >= 0.3 is 0 Å². The lowest BCUT2D eigenvalue weighted by molar-refractivity contribution is 0.104. The maximum atomic E-state index is 13.3. The number of carbonyl (C=O) groups excluding carboxylic acids is 1. The topological polar surface area (TPSA) is 153 Å². The van der Waals surface area contributed by atoms with E-state index < -0.39 is 5.78 Å². The molecule has 1 aliphatic heterocycles. The van der Waals surface area contributed by atoms with Crippen molar-refractivity contribution in [3.63, 3.8) is 0 Å². The van der Waals surface area contributed by atoms with Crippen LogP contribution in [0.5, 0.6) is 11.5 Å². The molecule has 0 amide bonds. The van der Waals surface area contributed by atoms with Gasteiger partial charge in [0.2, 0.25) is 5.95 Å². The Bertz CT molecular complexity index is 1510. The Labute approximate surface area is 212 Å². The molecule has 0 spiro atoms. The number of hydrogen-bond acceptors (Lipinski definition) is 10. The number of anilines is 2. The smallest absolute Gasteiger partial charge is 0.221 e. The maximum absolute atomic E-state index is 13.3. The number of nitrogen functional groups attached to an aromatic ring is 2. The number of allylic oxidation sites excluding steroid dienone is 1. The molecule has 4 aromatic rings. The first-order valence-electron chi connectivity index (χ1n) is 11.4. The van der Waals surface area contributed by atoms with Gasteiger partial charge in [-0.25, -0.2) is 4.98 Å². The molecule has 37 heavy (non-hydrogen) atoms. The number of nitrogens with two attached hydrogens (primary N) is 2. The molecule has 5 N–H and O–H groups in total. The average molecular weight is 497 g/mol. The lowest BCUT2D eigenvalue weighted by Gasteiger charge is -2.29. The number of benzene rings is 2. The number of fused-ring (bicyclic) bond motifs is 1. The molecule has 0 radical (unpaired) electrons. The molecule has 3 heterocycles. The quantitative estimate of drug-likeness (QED) is 0.257. The van der Waals surface area contributed by atoms with Crippen molar-refractivity contribution in [2.75, 3.05) is 18.6 Å². The number of ether oxygens (including phenoxy) is 1. The lowest BCUT2D eigenvalue weighted by Crippen LogP contribution is -2.24. The number of ketones is 1. The number of aromatic hydroxyl groups is 1. The highest BCUT2D eigenvalue weighted by Crippen LogP contribution is 2.35. The lowest BCUT2D eigenvalue weighted by atomic mass is 9.97. The summed E-state index contributed by atoms with van der Waals surface area (Å²) in [6.07, 6.45) is 8.06. The molecule has 2 aromatic carbocycles. The maximum Gasteiger partial charge on any atom is 0.221 e. The Kier molecular flexibility index (Phi) is 6.29. The van der Waals surface area contributed by atoms with Gasteiger partial charge in [0.25, 0.3) is 0 Å². The van der Waals surface area contributed by atoms with Crippen LogP contribution in [0.3, 0.4) is 0 Å². The van der Waals surface area contributed by atoms with Crippen molar-refractivity contribution in [1.82, 2.24) is 15.0 Å². The van der Waals surface area contributed by atoms with Crippen molar-refractivity contribution in [1.29, 1.82) is 0 Å². The van der Waals surface area contributed by atoms with Crippen LogP contribution >= 0.6 is 0 Å². The van der Waals surface area contributed by atoms with Crippen molar-refractivity contribution >= 4 is 23.8 Å². The molecule has 0 aliphatic carbocycles. The number of rotatable bonds is 7. The van der Waals surface area contributed by atoms with E-state index in [1.54, 1.807) is 41.9 Å². The summed E-state index contributed by atoms with van der Waals surface area (Å²) in [5.74, 6) is 0.434. The largest absolute Gasteiger partial charge is 0.504 e. The Hall–Kier alpha value is -5.12. The fraction of sp³-hybridized carbons (Fsp3) is 0.111. The van der Waals surface area contributed by atoms with Gasteiger partial charge in [0.1, 0.15) is 17.6 Å². The molecule has 0 fully saturated rings. The van der Waals surface area contributed by atoms with Gasteiger partial charge < -0.3 is 25.7 Å². The van der Waals surface area contributed by atoms with E-state index in [-0.39, 0.29) is 34.9 Å². The van der Waals surface area contributed by atoms with Crippen molar-refractivity contribution in [3.05, 3.63) is 107 Å². The second-order valence-electron chi connectivity index (χ2n) is 8.36. The molecule has 2 aromatic heterocycles. The van der Waals surface area contributed by atoms with Crippen LogP contribution in [0.25, 0.3) is 0 Å². The van der Waals surface area contributed by atoms with Gasteiger partial charge in [0, 0.05) is 36.0 Å². The van der Waals surface area contributed by atoms with Crippen molar-refractivity contribution in [2.45, 2.75) is 12.5 Å². The number of phenols is 1. The minimum absolute atomic E-state index is 0.0662. The molecule has 186 valence electrons. The van der Waals surface area contributed by atoms with E-state index in [0.717, 1.165) is 11.1 Å². The summed E-state index contributed by atoms with van der Waals surface area (Å²) < 4.78 is 11.0. The first kappa shape index (κ1) is 23.6. The normalized spacial score (nSPS) is 14.6. The van der Waals surface area contributed by atoms with E-state index in [9.17, 15) is 9.90 Å². The van der Waals surface area contributed by atoms with Gasteiger partial charge in [0.15, 0.2) is 17.3 Å². The summed E-state index contributed by atoms with van der Waals surface area (Å²) >= 11 is 0. The van der Waals surface area contributed by atoms with E-state index in [1.165, 1.54) is 19.4 Å². The molecule has 10 nitrogen and oxygen atoms in total. The van der Waals surface area contributed by atoms with Crippen LogP contribution in [0.4, 0.5) is 11.8 Å². The monoisotopic (exact) mass is 496 g/mol. The minimum atomic E-state index is -0.438. The highest BCUT2D eigenvalue weighted by atomic mass is 16.5. The van der Waals surface area contributed by atoms with Gasteiger partial charge in [0.05, 0.1) is 25.2 Å². The number of nitrogens with zero attached hydrogens (tertiary/aromatic N) is 4. The third kappa shape index (κ3) is 4.72. The van der Waals surface area contributed by atoms with Gasteiger partial charge in [-0.2, -0.15) is 10.1 Å². The number of hydrogen-bond donors (Lipinski definition) is 3. The van der Waals surface area contributed by atoms with Crippen molar-refractivity contribution < 1.29 is 19.1 Å². The van der Waals surface area contributed by atoms with E-state index in [0.29, 0.717) is 23.3 Å². The van der Waals surface area contributed by atoms with Gasteiger partial charge in [-0.3, -0.25) is 9.80 Å². The Morgan fingerprint density at radius 1 is 1.22 bits per heavy atom. The highest BCUT2D eigenvalue weighted by Gasteiger charge is 2.27.